The maximum atomic E-state index is 12.0. The third-order valence-electron chi connectivity index (χ3n) is 3.02. The van der Waals surface area contributed by atoms with Crippen LogP contribution < -0.4 is 0 Å². The second kappa shape index (κ2) is 4.97. The molecule has 0 bridgehead atoms. The number of amides is 2. The third-order valence-corrected chi connectivity index (χ3v) is 3.02. The fourth-order valence-corrected chi connectivity index (χ4v) is 2.46. The molecule has 104 valence electrons. The molecule has 1 heterocycles. The summed E-state index contributed by atoms with van der Waals surface area (Å²) in [6.45, 7) is 5.95. The number of rotatable bonds is 4. The first-order valence-electron chi connectivity index (χ1n) is 6.23. The predicted molar refractivity (Wildman–Crippen MR) is 68.9 cm³/mol. The van der Waals surface area contributed by atoms with Crippen LogP contribution in [-0.4, -0.2) is 59.5 Å². The van der Waals surface area contributed by atoms with Gasteiger partial charge in [-0.25, -0.2) is 0 Å². The largest absolute Gasteiger partial charge is 0.387 e. The second-order valence-electron chi connectivity index (χ2n) is 6.63. The number of likely N-dealkylation sites (tertiary alicyclic amines) is 1. The summed E-state index contributed by atoms with van der Waals surface area (Å²) < 4.78 is 0. The minimum absolute atomic E-state index is 0.0684. The lowest BCUT2D eigenvalue weighted by molar-refractivity contribution is -0.156. The van der Waals surface area contributed by atoms with Gasteiger partial charge < -0.3 is 10.0 Å². The van der Waals surface area contributed by atoms with Crippen molar-refractivity contribution in [3.8, 4) is 0 Å². The summed E-state index contributed by atoms with van der Waals surface area (Å²) in [4.78, 5) is 27.0. The standard InChI is InChI=1S/C13H24N2O3/c1-12(2)6-10(16)15(11(17)7-12)9-13(3,18)8-14(4)5/h18H,6-9H2,1-5H3. The van der Waals surface area contributed by atoms with Gasteiger partial charge in [-0.05, 0) is 26.4 Å². The Bertz CT molecular complexity index is 328. The molecule has 2 amide bonds. The van der Waals surface area contributed by atoms with Gasteiger partial charge in [-0.15, -0.1) is 0 Å². The van der Waals surface area contributed by atoms with E-state index < -0.39 is 5.60 Å². The van der Waals surface area contributed by atoms with Crippen molar-refractivity contribution < 1.29 is 14.7 Å². The number of carbonyl (C=O) groups excluding carboxylic acids is 2. The molecule has 1 N–H and O–H groups in total. The van der Waals surface area contributed by atoms with Crippen LogP contribution in [0.3, 0.4) is 0 Å². The van der Waals surface area contributed by atoms with Gasteiger partial charge in [-0.2, -0.15) is 0 Å². The molecular weight excluding hydrogens is 232 g/mol. The van der Waals surface area contributed by atoms with Crippen molar-refractivity contribution in [2.24, 2.45) is 5.41 Å². The van der Waals surface area contributed by atoms with Gasteiger partial charge in [0, 0.05) is 19.4 Å². The van der Waals surface area contributed by atoms with Crippen LogP contribution in [0.15, 0.2) is 0 Å². The zero-order valence-electron chi connectivity index (χ0n) is 12.0. The van der Waals surface area contributed by atoms with Gasteiger partial charge in [-0.3, -0.25) is 14.5 Å². The Morgan fingerprint density at radius 2 is 1.72 bits per heavy atom. The van der Waals surface area contributed by atoms with E-state index in [1.165, 1.54) is 4.90 Å². The van der Waals surface area contributed by atoms with Crippen molar-refractivity contribution >= 4 is 11.8 Å². The Hall–Kier alpha value is -0.940. The van der Waals surface area contributed by atoms with Gasteiger partial charge in [0.25, 0.3) is 0 Å². The maximum Gasteiger partial charge on any atom is 0.229 e. The van der Waals surface area contributed by atoms with Gasteiger partial charge in [0.1, 0.15) is 0 Å². The van der Waals surface area contributed by atoms with E-state index in [1.54, 1.807) is 6.92 Å². The SMILES string of the molecule is CN(C)CC(C)(O)CN1C(=O)CC(C)(C)CC1=O. The Morgan fingerprint density at radius 3 is 2.11 bits per heavy atom. The summed E-state index contributed by atoms with van der Waals surface area (Å²) in [6.07, 6.45) is 0.716. The van der Waals surface area contributed by atoms with E-state index in [-0.39, 0.29) is 23.8 Å². The van der Waals surface area contributed by atoms with E-state index in [9.17, 15) is 14.7 Å². The van der Waals surface area contributed by atoms with E-state index in [0.717, 1.165) is 0 Å². The zero-order chi connectivity index (χ0) is 14.1. The van der Waals surface area contributed by atoms with Gasteiger partial charge in [0.05, 0.1) is 12.1 Å². The third kappa shape index (κ3) is 4.07. The number of carbonyl (C=O) groups is 2. The second-order valence-corrected chi connectivity index (χ2v) is 6.63. The molecule has 0 aromatic rings. The number of nitrogens with zero attached hydrogens (tertiary/aromatic N) is 2. The van der Waals surface area contributed by atoms with Crippen molar-refractivity contribution in [3.05, 3.63) is 0 Å². The molecule has 1 aliphatic heterocycles. The molecule has 1 saturated heterocycles. The van der Waals surface area contributed by atoms with E-state index >= 15 is 0 Å². The van der Waals surface area contributed by atoms with E-state index in [2.05, 4.69) is 0 Å². The van der Waals surface area contributed by atoms with Crippen LogP contribution in [0, 0.1) is 5.41 Å². The summed E-state index contributed by atoms with van der Waals surface area (Å²) >= 11 is 0. The molecule has 1 aliphatic rings. The highest BCUT2D eigenvalue weighted by Crippen LogP contribution is 2.32. The summed E-state index contributed by atoms with van der Waals surface area (Å²) in [5.41, 5.74) is -1.34. The van der Waals surface area contributed by atoms with E-state index in [1.807, 2.05) is 32.8 Å². The lowest BCUT2D eigenvalue weighted by Gasteiger charge is -2.38. The Morgan fingerprint density at radius 1 is 1.28 bits per heavy atom. The van der Waals surface area contributed by atoms with Gasteiger partial charge in [0.2, 0.25) is 11.8 Å². The maximum absolute atomic E-state index is 12.0. The first-order chi connectivity index (χ1) is 8.02. The monoisotopic (exact) mass is 256 g/mol. The van der Waals surface area contributed by atoms with Crippen LogP contribution in [-0.2, 0) is 9.59 Å². The molecule has 5 heteroatoms. The number of β-amino-alcohol motifs (C(OH)–C–C–N with tert-alkyl or cyclic N) is 1. The molecule has 18 heavy (non-hydrogen) atoms. The van der Waals surface area contributed by atoms with Crippen molar-refractivity contribution in [1.29, 1.82) is 0 Å². The fourth-order valence-electron chi connectivity index (χ4n) is 2.46. The molecule has 0 spiro atoms. The van der Waals surface area contributed by atoms with Crippen LogP contribution in [0.4, 0.5) is 0 Å². The van der Waals surface area contributed by atoms with Crippen molar-refractivity contribution in [2.45, 2.75) is 39.2 Å². The van der Waals surface area contributed by atoms with Crippen molar-refractivity contribution in [2.75, 3.05) is 27.2 Å². The minimum Gasteiger partial charge on any atom is -0.387 e. The highest BCUT2D eigenvalue weighted by atomic mass is 16.3. The number of imide groups is 1. The van der Waals surface area contributed by atoms with Crippen LogP contribution in [0.5, 0.6) is 0 Å². The number of piperidine rings is 1. The van der Waals surface area contributed by atoms with Crippen molar-refractivity contribution in [1.82, 2.24) is 9.80 Å². The Kier molecular flexibility index (Phi) is 4.18. The first-order valence-corrected chi connectivity index (χ1v) is 6.23. The van der Waals surface area contributed by atoms with Crippen LogP contribution in [0.1, 0.15) is 33.6 Å². The van der Waals surface area contributed by atoms with Crippen LogP contribution >= 0.6 is 0 Å². The van der Waals surface area contributed by atoms with Crippen LogP contribution in [0.25, 0.3) is 0 Å². The molecular formula is C13H24N2O3. The number of aliphatic hydroxyl groups is 1. The summed E-state index contributed by atoms with van der Waals surface area (Å²) in [7, 11) is 3.69. The van der Waals surface area contributed by atoms with Crippen molar-refractivity contribution in [3.63, 3.8) is 0 Å². The molecule has 0 radical (unpaired) electrons. The topological polar surface area (TPSA) is 60.9 Å². The smallest absolute Gasteiger partial charge is 0.229 e. The van der Waals surface area contributed by atoms with E-state index in [0.29, 0.717) is 19.4 Å². The lowest BCUT2D eigenvalue weighted by Crippen LogP contribution is -2.54. The lowest BCUT2D eigenvalue weighted by atomic mass is 9.81. The molecule has 1 rings (SSSR count). The normalized spacial score (nSPS) is 23.4. The molecule has 0 saturated carbocycles. The highest BCUT2D eigenvalue weighted by Gasteiger charge is 2.40. The molecule has 1 fully saturated rings. The minimum atomic E-state index is -1.07. The number of hydrogen-bond donors (Lipinski definition) is 1. The predicted octanol–water partition coefficient (Wildman–Crippen LogP) is 0.474. The highest BCUT2D eigenvalue weighted by molar-refractivity contribution is 5.98. The summed E-state index contributed by atoms with van der Waals surface area (Å²) in [5, 5.41) is 10.2. The Balaban J connectivity index is 2.73. The number of likely N-dealkylation sites (N-methyl/N-ethyl adjacent to an activating group) is 1. The van der Waals surface area contributed by atoms with Crippen LogP contribution in [0.2, 0.25) is 0 Å². The van der Waals surface area contributed by atoms with Gasteiger partial charge in [-0.1, -0.05) is 13.8 Å². The molecule has 1 unspecified atom stereocenters. The molecule has 5 nitrogen and oxygen atoms in total. The quantitative estimate of drug-likeness (QED) is 0.743. The average Bonchev–Trinajstić information content (AvgIpc) is 2.07. The Labute approximate surface area is 109 Å². The van der Waals surface area contributed by atoms with Gasteiger partial charge >= 0.3 is 0 Å². The average molecular weight is 256 g/mol. The molecule has 1 atom stereocenters. The zero-order valence-corrected chi connectivity index (χ0v) is 12.0. The van der Waals surface area contributed by atoms with Gasteiger partial charge in [0.15, 0.2) is 0 Å². The number of hydrogen-bond acceptors (Lipinski definition) is 4. The summed E-state index contributed by atoms with van der Waals surface area (Å²) in [5.74, 6) is -0.370. The molecule has 0 aliphatic carbocycles. The fraction of sp³-hybridized carbons (Fsp3) is 0.846. The first kappa shape index (κ1) is 15.1. The summed E-state index contributed by atoms with van der Waals surface area (Å²) in [6, 6.07) is 0. The van der Waals surface area contributed by atoms with E-state index in [4.69, 9.17) is 0 Å². The molecule has 0 aromatic heterocycles. The molecule has 0 aromatic carbocycles.